The molecule has 0 unspecified atom stereocenters. The van der Waals surface area contributed by atoms with Crippen LogP contribution in [0.4, 0.5) is 5.69 Å². The van der Waals surface area contributed by atoms with Gasteiger partial charge in [0.2, 0.25) is 11.8 Å². The minimum Gasteiger partial charge on any atom is -0.497 e. The molecule has 3 aromatic rings. The summed E-state index contributed by atoms with van der Waals surface area (Å²) in [4.78, 5) is 32.7. The Hall–Kier alpha value is -3.35. The van der Waals surface area contributed by atoms with E-state index in [2.05, 4.69) is 20.6 Å². The van der Waals surface area contributed by atoms with Gasteiger partial charge in [-0.25, -0.2) is 4.98 Å². The minimum absolute atomic E-state index is 0.102. The molecule has 0 saturated heterocycles. The van der Waals surface area contributed by atoms with Crippen molar-refractivity contribution >= 4 is 28.5 Å². The van der Waals surface area contributed by atoms with Crippen molar-refractivity contribution in [3.05, 3.63) is 52.8 Å². The zero-order valence-corrected chi connectivity index (χ0v) is 16.1. The van der Waals surface area contributed by atoms with E-state index in [9.17, 15) is 9.59 Å². The molecule has 0 bridgehead atoms. The van der Waals surface area contributed by atoms with E-state index in [4.69, 9.17) is 4.74 Å². The van der Waals surface area contributed by atoms with Crippen molar-refractivity contribution in [2.24, 2.45) is 0 Å². The number of benzene rings is 2. The van der Waals surface area contributed by atoms with E-state index in [-0.39, 0.29) is 24.8 Å². The maximum absolute atomic E-state index is 12.8. The first-order valence-electron chi connectivity index (χ1n) is 9.16. The zero-order valence-electron chi connectivity index (χ0n) is 16.1. The lowest BCUT2D eigenvalue weighted by molar-refractivity contribution is -0.126. The van der Waals surface area contributed by atoms with Crippen LogP contribution < -0.4 is 15.4 Å². The third-order valence-electron chi connectivity index (χ3n) is 5.27. The smallest absolute Gasteiger partial charge is 0.228 e. The SMILES string of the molecule is COc1ccc2c(c1)[C@@H](C(=O)NCc1nc3c(C)c(C)ccc3[nH]1)CC(=O)N2. The Morgan fingerprint density at radius 2 is 2.11 bits per heavy atom. The summed E-state index contributed by atoms with van der Waals surface area (Å²) in [5.41, 5.74) is 5.56. The third kappa shape index (κ3) is 3.19. The highest BCUT2D eigenvalue weighted by Crippen LogP contribution is 2.35. The molecule has 7 nitrogen and oxygen atoms in total. The van der Waals surface area contributed by atoms with Crippen LogP contribution >= 0.6 is 0 Å². The summed E-state index contributed by atoms with van der Waals surface area (Å²) in [6.45, 7) is 4.35. The van der Waals surface area contributed by atoms with E-state index >= 15 is 0 Å². The summed E-state index contributed by atoms with van der Waals surface area (Å²) in [7, 11) is 1.57. The van der Waals surface area contributed by atoms with Gasteiger partial charge in [0.05, 0.1) is 30.6 Å². The number of hydrogen-bond donors (Lipinski definition) is 3. The highest BCUT2D eigenvalue weighted by Gasteiger charge is 2.31. The van der Waals surface area contributed by atoms with Gasteiger partial charge in [-0.05, 0) is 54.8 Å². The highest BCUT2D eigenvalue weighted by molar-refractivity contribution is 6.01. The molecule has 7 heteroatoms. The van der Waals surface area contributed by atoms with Crippen LogP contribution in [0.15, 0.2) is 30.3 Å². The van der Waals surface area contributed by atoms with Gasteiger partial charge in [-0.1, -0.05) is 6.07 Å². The van der Waals surface area contributed by atoms with Crippen LogP contribution in [0, 0.1) is 13.8 Å². The second kappa shape index (κ2) is 6.99. The van der Waals surface area contributed by atoms with Gasteiger partial charge in [0.1, 0.15) is 11.6 Å². The average molecular weight is 378 g/mol. The minimum atomic E-state index is -0.563. The Labute approximate surface area is 162 Å². The lowest BCUT2D eigenvalue weighted by Gasteiger charge is -2.25. The Morgan fingerprint density at radius 3 is 2.89 bits per heavy atom. The predicted molar refractivity (Wildman–Crippen MR) is 106 cm³/mol. The average Bonchev–Trinajstić information content (AvgIpc) is 3.12. The van der Waals surface area contributed by atoms with Crippen molar-refractivity contribution in [3.63, 3.8) is 0 Å². The third-order valence-corrected chi connectivity index (χ3v) is 5.27. The standard InChI is InChI=1S/C21H22N4O3/c1-11-4-6-17-20(12(11)2)25-18(23-17)10-22-21(27)15-9-19(26)24-16-7-5-13(28-3)8-14(15)16/h4-8,15H,9-10H2,1-3H3,(H,22,27)(H,23,25)(H,24,26)/t15-/m0/s1. The van der Waals surface area contributed by atoms with Gasteiger partial charge in [-0.3, -0.25) is 9.59 Å². The molecular weight excluding hydrogens is 356 g/mol. The van der Waals surface area contributed by atoms with Crippen molar-refractivity contribution in [1.29, 1.82) is 0 Å². The van der Waals surface area contributed by atoms with E-state index in [1.165, 1.54) is 5.56 Å². The molecule has 28 heavy (non-hydrogen) atoms. The van der Waals surface area contributed by atoms with Gasteiger partial charge >= 0.3 is 0 Å². The molecule has 1 aliphatic heterocycles. The molecule has 2 amide bonds. The molecule has 1 atom stereocenters. The molecule has 1 aromatic heterocycles. The maximum atomic E-state index is 12.8. The Balaban J connectivity index is 1.54. The number of fused-ring (bicyclic) bond motifs is 2. The van der Waals surface area contributed by atoms with Gasteiger partial charge < -0.3 is 20.4 Å². The first-order chi connectivity index (χ1) is 13.5. The number of rotatable bonds is 4. The van der Waals surface area contributed by atoms with E-state index in [1.54, 1.807) is 25.3 Å². The summed E-state index contributed by atoms with van der Waals surface area (Å²) in [5, 5.41) is 5.72. The highest BCUT2D eigenvalue weighted by atomic mass is 16.5. The topological polar surface area (TPSA) is 96.1 Å². The summed E-state index contributed by atoms with van der Waals surface area (Å²) < 4.78 is 5.26. The molecule has 2 heterocycles. The number of hydrogen-bond acceptors (Lipinski definition) is 4. The molecule has 0 fully saturated rings. The fourth-order valence-corrected chi connectivity index (χ4v) is 3.54. The number of methoxy groups -OCH3 is 1. The molecule has 144 valence electrons. The van der Waals surface area contributed by atoms with E-state index < -0.39 is 5.92 Å². The molecule has 3 N–H and O–H groups in total. The maximum Gasteiger partial charge on any atom is 0.228 e. The predicted octanol–water partition coefficient (Wildman–Crippen LogP) is 2.93. The molecule has 0 saturated carbocycles. The first-order valence-corrected chi connectivity index (χ1v) is 9.16. The Kier molecular flexibility index (Phi) is 4.50. The van der Waals surface area contributed by atoms with E-state index in [0.29, 0.717) is 17.3 Å². The van der Waals surface area contributed by atoms with Crippen molar-refractivity contribution in [1.82, 2.24) is 15.3 Å². The zero-order chi connectivity index (χ0) is 19.8. The van der Waals surface area contributed by atoms with Crippen LogP contribution in [-0.4, -0.2) is 28.9 Å². The van der Waals surface area contributed by atoms with Crippen LogP contribution in [-0.2, 0) is 16.1 Å². The monoisotopic (exact) mass is 378 g/mol. The van der Waals surface area contributed by atoms with Crippen molar-refractivity contribution in [3.8, 4) is 5.75 Å². The largest absolute Gasteiger partial charge is 0.497 e. The van der Waals surface area contributed by atoms with Gasteiger partial charge in [0, 0.05) is 12.1 Å². The van der Waals surface area contributed by atoms with Crippen LogP contribution in [0.3, 0.4) is 0 Å². The number of aromatic nitrogens is 2. The van der Waals surface area contributed by atoms with Crippen LogP contribution in [0.1, 0.15) is 34.9 Å². The number of aryl methyl sites for hydroxylation is 2. The van der Waals surface area contributed by atoms with Crippen molar-refractivity contribution in [2.45, 2.75) is 32.7 Å². The quantitative estimate of drug-likeness (QED) is 0.650. The van der Waals surface area contributed by atoms with Crippen LogP contribution in [0.25, 0.3) is 11.0 Å². The molecule has 0 aliphatic carbocycles. The molecule has 0 radical (unpaired) electrons. The molecule has 1 aliphatic rings. The number of imidazole rings is 1. The Morgan fingerprint density at radius 1 is 1.29 bits per heavy atom. The number of nitrogens with zero attached hydrogens (tertiary/aromatic N) is 1. The number of amides is 2. The number of nitrogens with one attached hydrogen (secondary N) is 3. The van der Waals surface area contributed by atoms with Crippen molar-refractivity contribution < 1.29 is 14.3 Å². The summed E-state index contributed by atoms with van der Waals surface area (Å²) in [6, 6.07) is 9.35. The number of carbonyl (C=O) groups is 2. The van der Waals surface area contributed by atoms with Crippen molar-refractivity contribution in [2.75, 3.05) is 12.4 Å². The number of H-pyrrole nitrogens is 1. The number of carbonyl (C=O) groups excluding carboxylic acids is 2. The fraction of sp³-hybridized carbons (Fsp3) is 0.286. The van der Waals surface area contributed by atoms with Gasteiger partial charge in [-0.2, -0.15) is 0 Å². The second-order valence-corrected chi connectivity index (χ2v) is 7.06. The second-order valence-electron chi connectivity index (χ2n) is 7.06. The Bertz CT molecular complexity index is 1090. The molecule has 4 rings (SSSR count). The summed E-state index contributed by atoms with van der Waals surface area (Å²) >= 11 is 0. The number of aromatic amines is 1. The lowest BCUT2D eigenvalue weighted by atomic mass is 9.89. The van der Waals surface area contributed by atoms with Gasteiger partial charge in [-0.15, -0.1) is 0 Å². The van der Waals surface area contributed by atoms with E-state index in [0.717, 1.165) is 22.2 Å². The molecule has 0 spiro atoms. The normalized spacial score (nSPS) is 15.8. The van der Waals surface area contributed by atoms with Crippen LogP contribution in [0.2, 0.25) is 0 Å². The molecule has 2 aromatic carbocycles. The first kappa shape index (κ1) is 18.0. The van der Waals surface area contributed by atoms with E-state index in [1.807, 2.05) is 26.0 Å². The fourth-order valence-electron chi connectivity index (χ4n) is 3.54. The van der Waals surface area contributed by atoms with Gasteiger partial charge in [0.25, 0.3) is 0 Å². The van der Waals surface area contributed by atoms with Crippen LogP contribution in [0.5, 0.6) is 5.75 Å². The summed E-state index contributed by atoms with van der Waals surface area (Å²) in [5.74, 6) is 0.386. The molecular formula is C21H22N4O3. The lowest BCUT2D eigenvalue weighted by Crippen LogP contribution is -2.35. The summed E-state index contributed by atoms with van der Waals surface area (Å²) in [6.07, 6.45) is 0.102. The van der Waals surface area contributed by atoms with Gasteiger partial charge in [0.15, 0.2) is 0 Å². The number of anilines is 1. The number of ether oxygens (including phenoxy) is 1.